The van der Waals surface area contributed by atoms with Gasteiger partial charge in [-0.25, -0.2) is 0 Å². The van der Waals surface area contributed by atoms with Gasteiger partial charge >= 0.3 is 0 Å². The van der Waals surface area contributed by atoms with E-state index in [0.717, 1.165) is 58.5 Å². The fraction of sp³-hybridized carbons (Fsp3) is 1.00. The minimum absolute atomic E-state index is 0.0959. The molecular formula is C16H31NO3. The molecule has 0 aromatic carbocycles. The third kappa shape index (κ3) is 4.42. The lowest BCUT2D eigenvalue weighted by molar-refractivity contribution is -0.0375. The van der Waals surface area contributed by atoms with E-state index in [0.29, 0.717) is 17.9 Å². The van der Waals surface area contributed by atoms with Gasteiger partial charge in [-0.2, -0.15) is 0 Å². The Morgan fingerprint density at radius 2 is 2.00 bits per heavy atom. The van der Waals surface area contributed by atoms with E-state index in [2.05, 4.69) is 19.2 Å². The number of ether oxygens (including phenoxy) is 2. The largest absolute Gasteiger partial charge is 0.396 e. The number of hydrogen-bond acceptors (Lipinski definition) is 4. The van der Waals surface area contributed by atoms with Crippen LogP contribution in [0.2, 0.25) is 0 Å². The van der Waals surface area contributed by atoms with E-state index in [-0.39, 0.29) is 12.1 Å². The first-order valence-electron chi connectivity index (χ1n) is 8.20. The summed E-state index contributed by atoms with van der Waals surface area (Å²) in [7, 11) is 0. The first-order valence-corrected chi connectivity index (χ1v) is 8.20. The van der Waals surface area contributed by atoms with Crippen LogP contribution in [0.5, 0.6) is 0 Å². The van der Waals surface area contributed by atoms with Crippen molar-refractivity contribution in [1.82, 2.24) is 5.32 Å². The van der Waals surface area contributed by atoms with Crippen LogP contribution in [0.15, 0.2) is 0 Å². The van der Waals surface area contributed by atoms with E-state index in [4.69, 9.17) is 9.47 Å². The monoisotopic (exact) mass is 285 g/mol. The van der Waals surface area contributed by atoms with Crippen molar-refractivity contribution in [3.05, 3.63) is 0 Å². The molecule has 2 N–H and O–H groups in total. The maximum atomic E-state index is 9.33. The normalized spacial score (nSPS) is 30.6. The Morgan fingerprint density at radius 3 is 2.65 bits per heavy atom. The Kier molecular flexibility index (Phi) is 6.27. The molecule has 20 heavy (non-hydrogen) atoms. The highest BCUT2D eigenvalue weighted by Gasteiger charge is 2.33. The molecule has 2 rings (SSSR count). The van der Waals surface area contributed by atoms with E-state index < -0.39 is 0 Å². The Labute approximate surface area is 123 Å². The molecule has 4 heteroatoms. The maximum Gasteiger partial charge on any atom is 0.0601 e. The van der Waals surface area contributed by atoms with Gasteiger partial charge in [0.15, 0.2) is 0 Å². The molecule has 0 radical (unpaired) electrons. The molecule has 2 saturated heterocycles. The molecule has 4 nitrogen and oxygen atoms in total. The summed E-state index contributed by atoms with van der Waals surface area (Å²) in [6, 6.07) is 0. The average molecular weight is 285 g/mol. The van der Waals surface area contributed by atoms with Crippen LogP contribution in [0.3, 0.4) is 0 Å². The van der Waals surface area contributed by atoms with Crippen molar-refractivity contribution in [2.75, 3.05) is 33.0 Å². The summed E-state index contributed by atoms with van der Waals surface area (Å²) in [6.45, 7) is 8.32. The number of nitrogens with one attached hydrogen (secondary N) is 1. The first-order chi connectivity index (χ1) is 9.65. The topological polar surface area (TPSA) is 50.7 Å². The van der Waals surface area contributed by atoms with Gasteiger partial charge in [0, 0.05) is 32.0 Å². The van der Waals surface area contributed by atoms with Gasteiger partial charge in [0.05, 0.1) is 6.10 Å². The summed E-state index contributed by atoms with van der Waals surface area (Å²) < 4.78 is 11.3. The van der Waals surface area contributed by atoms with E-state index in [1.54, 1.807) is 0 Å². The van der Waals surface area contributed by atoms with Gasteiger partial charge in [-0.15, -0.1) is 0 Å². The van der Waals surface area contributed by atoms with Crippen molar-refractivity contribution in [3.63, 3.8) is 0 Å². The SMILES string of the molecule is CC(C)[C@H]1C[C@@H](CNC2(CCO)CCOCC2)CCO1. The summed E-state index contributed by atoms with van der Waals surface area (Å²) >= 11 is 0. The zero-order valence-electron chi connectivity index (χ0n) is 13.1. The zero-order valence-corrected chi connectivity index (χ0v) is 13.1. The molecule has 118 valence electrons. The van der Waals surface area contributed by atoms with Gasteiger partial charge in [0.2, 0.25) is 0 Å². The molecule has 2 aliphatic rings. The number of aliphatic hydroxyl groups is 1. The molecule has 0 saturated carbocycles. The molecule has 0 amide bonds. The molecule has 2 fully saturated rings. The molecule has 0 spiro atoms. The van der Waals surface area contributed by atoms with Crippen LogP contribution in [0.1, 0.15) is 46.0 Å². The van der Waals surface area contributed by atoms with Crippen molar-refractivity contribution >= 4 is 0 Å². The minimum atomic E-state index is 0.0959. The predicted octanol–water partition coefficient (Wildman–Crippen LogP) is 1.96. The van der Waals surface area contributed by atoms with Crippen LogP contribution in [-0.4, -0.2) is 49.7 Å². The summed E-state index contributed by atoms with van der Waals surface area (Å²) in [5, 5.41) is 13.1. The quantitative estimate of drug-likeness (QED) is 0.783. The highest BCUT2D eigenvalue weighted by Crippen LogP contribution is 2.28. The lowest BCUT2D eigenvalue weighted by Crippen LogP contribution is -2.52. The van der Waals surface area contributed by atoms with Crippen LogP contribution >= 0.6 is 0 Å². The smallest absolute Gasteiger partial charge is 0.0601 e. The second-order valence-corrected chi connectivity index (χ2v) is 6.79. The first kappa shape index (κ1) is 16.2. The lowest BCUT2D eigenvalue weighted by atomic mass is 9.84. The van der Waals surface area contributed by atoms with E-state index in [1.165, 1.54) is 0 Å². The summed E-state index contributed by atoms with van der Waals surface area (Å²) in [4.78, 5) is 0. The van der Waals surface area contributed by atoms with Crippen molar-refractivity contribution in [2.45, 2.75) is 57.6 Å². The van der Waals surface area contributed by atoms with Gasteiger partial charge in [-0.1, -0.05) is 13.8 Å². The Hall–Kier alpha value is -0.160. The van der Waals surface area contributed by atoms with E-state index in [1.807, 2.05) is 0 Å². The highest BCUT2D eigenvalue weighted by atomic mass is 16.5. The van der Waals surface area contributed by atoms with Crippen LogP contribution in [-0.2, 0) is 9.47 Å². The van der Waals surface area contributed by atoms with Crippen LogP contribution < -0.4 is 5.32 Å². The van der Waals surface area contributed by atoms with Gasteiger partial charge in [-0.05, 0) is 50.5 Å². The number of rotatable bonds is 6. The van der Waals surface area contributed by atoms with Crippen LogP contribution in [0.25, 0.3) is 0 Å². The summed E-state index contributed by atoms with van der Waals surface area (Å²) in [5.41, 5.74) is 0.0959. The highest BCUT2D eigenvalue weighted by molar-refractivity contribution is 4.91. The van der Waals surface area contributed by atoms with Gasteiger partial charge in [-0.3, -0.25) is 0 Å². The molecular weight excluding hydrogens is 254 g/mol. The van der Waals surface area contributed by atoms with Gasteiger partial charge < -0.3 is 19.9 Å². The molecule has 0 bridgehead atoms. The number of aliphatic hydroxyl groups excluding tert-OH is 1. The summed E-state index contributed by atoms with van der Waals surface area (Å²) in [6.07, 6.45) is 5.61. The second kappa shape index (κ2) is 7.74. The average Bonchev–Trinajstić information content (AvgIpc) is 2.47. The minimum Gasteiger partial charge on any atom is -0.396 e. The van der Waals surface area contributed by atoms with Crippen molar-refractivity contribution in [3.8, 4) is 0 Å². The third-order valence-corrected chi connectivity index (χ3v) is 4.97. The van der Waals surface area contributed by atoms with Gasteiger partial charge in [0.1, 0.15) is 0 Å². The van der Waals surface area contributed by atoms with Crippen LogP contribution in [0.4, 0.5) is 0 Å². The summed E-state index contributed by atoms with van der Waals surface area (Å²) in [5.74, 6) is 1.31. The fourth-order valence-electron chi connectivity index (χ4n) is 3.40. The predicted molar refractivity (Wildman–Crippen MR) is 79.8 cm³/mol. The molecule has 0 unspecified atom stereocenters. The molecule has 2 atom stereocenters. The Balaban J connectivity index is 1.82. The Bertz CT molecular complexity index is 271. The van der Waals surface area contributed by atoms with Crippen LogP contribution in [0, 0.1) is 11.8 Å². The van der Waals surface area contributed by atoms with E-state index in [9.17, 15) is 5.11 Å². The second-order valence-electron chi connectivity index (χ2n) is 6.79. The van der Waals surface area contributed by atoms with Crippen molar-refractivity contribution in [1.29, 1.82) is 0 Å². The molecule has 2 heterocycles. The number of hydrogen-bond donors (Lipinski definition) is 2. The van der Waals surface area contributed by atoms with Crippen molar-refractivity contribution in [2.24, 2.45) is 11.8 Å². The fourth-order valence-corrected chi connectivity index (χ4v) is 3.40. The zero-order chi connectivity index (χ0) is 14.4. The molecule has 0 aromatic heterocycles. The van der Waals surface area contributed by atoms with E-state index >= 15 is 0 Å². The standard InChI is InChI=1S/C16H31NO3/c1-13(2)15-11-14(3-8-20-15)12-17-16(4-7-18)5-9-19-10-6-16/h13-15,17-18H,3-12H2,1-2H3/t14-,15+/m0/s1. The molecule has 0 aromatic rings. The van der Waals surface area contributed by atoms with Crippen molar-refractivity contribution < 1.29 is 14.6 Å². The van der Waals surface area contributed by atoms with Gasteiger partial charge in [0.25, 0.3) is 0 Å². The maximum absolute atomic E-state index is 9.33. The third-order valence-electron chi connectivity index (χ3n) is 4.97. The Morgan fingerprint density at radius 1 is 1.25 bits per heavy atom. The molecule has 0 aliphatic carbocycles. The lowest BCUT2D eigenvalue weighted by Gasteiger charge is -2.40. The molecule has 2 aliphatic heterocycles.